The van der Waals surface area contributed by atoms with E-state index in [1.54, 1.807) is 11.2 Å². The maximum absolute atomic E-state index is 12.3. The second kappa shape index (κ2) is 3.57. The Bertz CT molecular complexity index is 614. The number of carbonyl (C=O) groups is 1. The predicted octanol–water partition coefficient (Wildman–Crippen LogP) is 2.57. The van der Waals surface area contributed by atoms with Crippen molar-refractivity contribution < 1.29 is 4.79 Å². The average Bonchev–Trinajstić information content (AvgIpc) is 2.78. The number of H-pyrrole nitrogens is 1. The Kier molecular flexibility index (Phi) is 2.24. The number of fused-ring (bicyclic) bond motifs is 1. The van der Waals surface area contributed by atoms with Crippen LogP contribution in [-0.2, 0) is 4.79 Å². The Hall–Kier alpha value is -1.84. The van der Waals surface area contributed by atoms with Crippen LogP contribution in [0.2, 0.25) is 0 Å². The van der Waals surface area contributed by atoms with E-state index in [2.05, 4.69) is 23.8 Å². The molecule has 0 saturated heterocycles. The molecule has 4 nitrogen and oxygen atoms in total. The first-order valence-electron chi connectivity index (χ1n) is 6.20. The number of carbonyl (C=O) groups excluding carboxylic acids is 1. The second-order valence-corrected chi connectivity index (χ2v) is 5.75. The van der Waals surface area contributed by atoms with Crippen molar-refractivity contribution in [1.29, 1.82) is 0 Å². The number of rotatable bonds is 2. The molecule has 1 aromatic heterocycles. The lowest BCUT2D eigenvalue weighted by atomic mass is 10.1. The van der Waals surface area contributed by atoms with Gasteiger partial charge in [0.2, 0.25) is 5.91 Å². The molecule has 0 bridgehead atoms. The molecule has 1 aromatic carbocycles. The van der Waals surface area contributed by atoms with Crippen molar-refractivity contribution in [2.45, 2.75) is 20.3 Å². The van der Waals surface area contributed by atoms with Crippen LogP contribution < -0.4 is 4.90 Å². The number of aromatic nitrogens is 2. The number of nitrogens with one attached hydrogen (secondary N) is 1. The molecule has 1 heterocycles. The van der Waals surface area contributed by atoms with Crippen molar-refractivity contribution >= 4 is 22.6 Å². The smallest absolute Gasteiger partial charge is 0.230 e. The average molecular weight is 243 g/mol. The predicted molar refractivity (Wildman–Crippen MR) is 71.4 cm³/mol. The fourth-order valence-corrected chi connectivity index (χ4v) is 2.38. The Balaban J connectivity index is 1.87. The van der Waals surface area contributed by atoms with Crippen molar-refractivity contribution in [3.05, 3.63) is 24.5 Å². The third kappa shape index (κ3) is 1.68. The van der Waals surface area contributed by atoms with Gasteiger partial charge in [0.15, 0.2) is 0 Å². The number of imidazole rings is 1. The van der Waals surface area contributed by atoms with Gasteiger partial charge in [0.25, 0.3) is 0 Å². The molecule has 0 spiro atoms. The van der Waals surface area contributed by atoms with Gasteiger partial charge in [-0.05, 0) is 30.0 Å². The summed E-state index contributed by atoms with van der Waals surface area (Å²) in [5.41, 5.74) is 2.97. The van der Waals surface area contributed by atoms with E-state index in [1.807, 2.05) is 25.2 Å². The van der Waals surface area contributed by atoms with Gasteiger partial charge in [-0.2, -0.15) is 0 Å². The van der Waals surface area contributed by atoms with Gasteiger partial charge in [0.1, 0.15) is 0 Å². The molecule has 94 valence electrons. The minimum atomic E-state index is 0.167. The van der Waals surface area contributed by atoms with Crippen LogP contribution in [0, 0.1) is 11.3 Å². The fourth-order valence-electron chi connectivity index (χ4n) is 2.38. The van der Waals surface area contributed by atoms with Gasteiger partial charge < -0.3 is 9.88 Å². The highest BCUT2D eigenvalue weighted by Gasteiger charge is 2.51. The molecule has 1 aliphatic carbocycles. The van der Waals surface area contributed by atoms with Crippen LogP contribution >= 0.6 is 0 Å². The van der Waals surface area contributed by atoms with Crippen LogP contribution in [0.3, 0.4) is 0 Å². The van der Waals surface area contributed by atoms with Gasteiger partial charge in [-0.1, -0.05) is 13.8 Å². The molecule has 2 aromatic rings. The summed E-state index contributed by atoms with van der Waals surface area (Å²) in [6, 6.07) is 5.84. The highest BCUT2D eigenvalue weighted by Crippen LogP contribution is 2.52. The minimum absolute atomic E-state index is 0.167. The molecular weight excluding hydrogens is 226 g/mol. The quantitative estimate of drug-likeness (QED) is 0.881. The molecule has 1 N–H and O–H groups in total. The van der Waals surface area contributed by atoms with Crippen LogP contribution in [0.5, 0.6) is 0 Å². The first-order chi connectivity index (χ1) is 8.49. The molecule has 1 fully saturated rings. The Morgan fingerprint density at radius 3 is 2.89 bits per heavy atom. The van der Waals surface area contributed by atoms with Crippen molar-refractivity contribution in [2.24, 2.45) is 11.3 Å². The summed E-state index contributed by atoms with van der Waals surface area (Å²) in [6.07, 6.45) is 2.66. The van der Waals surface area contributed by atoms with Crippen LogP contribution in [0.1, 0.15) is 20.3 Å². The zero-order valence-corrected chi connectivity index (χ0v) is 10.9. The van der Waals surface area contributed by atoms with Crippen LogP contribution in [0.15, 0.2) is 24.5 Å². The normalized spacial score (nSPS) is 20.9. The Morgan fingerprint density at radius 1 is 1.50 bits per heavy atom. The molecule has 0 radical (unpaired) electrons. The lowest BCUT2D eigenvalue weighted by Gasteiger charge is -2.18. The SMILES string of the molecule is CN(C(=O)[C@H]1CC1(C)C)c1ccc2nc[nH]c2c1. The number of aromatic amines is 1. The molecule has 0 aliphatic heterocycles. The Morgan fingerprint density at radius 2 is 2.22 bits per heavy atom. The van der Waals surface area contributed by atoms with Crippen molar-refractivity contribution in [2.75, 3.05) is 11.9 Å². The van der Waals surface area contributed by atoms with Crippen molar-refractivity contribution in [3.63, 3.8) is 0 Å². The van der Waals surface area contributed by atoms with E-state index < -0.39 is 0 Å². The molecule has 3 rings (SSSR count). The van der Waals surface area contributed by atoms with E-state index in [9.17, 15) is 4.79 Å². The standard InChI is InChI=1S/C14H17N3O/c1-14(2)7-10(14)13(18)17(3)9-4-5-11-12(6-9)16-8-15-11/h4-6,8,10H,7H2,1-3H3,(H,15,16)/t10-/m1/s1. The van der Waals surface area contributed by atoms with Crippen molar-refractivity contribution in [1.82, 2.24) is 9.97 Å². The van der Waals surface area contributed by atoms with Crippen LogP contribution in [0.25, 0.3) is 11.0 Å². The summed E-state index contributed by atoms with van der Waals surface area (Å²) in [5.74, 6) is 0.374. The zero-order chi connectivity index (χ0) is 12.9. The first-order valence-corrected chi connectivity index (χ1v) is 6.20. The van der Waals surface area contributed by atoms with Gasteiger partial charge in [-0.15, -0.1) is 0 Å². The van der Waals surface area contributed by atoms with E-state index in [0.29, 0.717) is 0 Å². The van der Waals surface area contributed by atoms with E-state index in [-0.39, 0.29) is 17.2 Å². The summed E-state index contributed by atoms with van der Waals surface area (Å²) in [6.45, 7) is 4.28. The number of nitrogens with zero attached hydrogens (tertiary/aromatic N) is 2. The van der Waals surface area contributed by atoms with Gasteiger partial charge in [0, 0.05) is 18.7 Å². The lowest BCUT2D eigenvalue weighted by molar-refractivity contribution is -0.120. The molecule has 4 heteroatoms. The third-order valence-corrected chi connectivity index (χ3v) is 3.93. The van der Waals surface area contributed by atoms with Crippen LogP contribution in [-0.4, -0.2) is 22.9 Å². The Labute approximate surface area is 106 Å². The second-order valence-electron chi connectivity index (χ2n) is 5.75. The van der Waals surface area contributed by atoms with Gasteiger partial charge >= 0.3 is 0 Å². The highest BCUT2D eigenvalue weighted by molar-refractivity contribution is 5.98. The van der Waals surface area contributed by atoms with E-state index in [4.69, 9.17) is 0 Å². The molecule has 18 heavy (non-hydrogen) atoms. The topological polar surface area (TPSA) is 49.0 Å². The van der Waals surface area contributed by atoms with Crippen LogP contribution in [0.4, 0.5) is 5.69 Å². The molecule has 1 saturated carbocycles. The number of hydrogen-bond donors (Lipinski definition) is 1. The number of hydrogen-bond acceptors (Lipinski definition) is 2. The van der Waals surface area contributed by atoms with Gasteiger partial charge in [0.05, 0.1) is 17.4 Å². The monoisotopic (exact) mass is 243 g/mol. The number of anilines is 1. The fraction of sp³-hybridized carbons (Fsp3) is 0.429. The third-order valence-electron chi connectivity index (χ3n) is 3.93. The van der Waals surface area contributed by atoms with Gasteiger partial charge in [-0.25, -0.2) is 4.98 Å². The largest absolute Gasteiger partial charge is 0.345 e. The molecular formula is C14H17N3O. The van der Waals surface area contributed by atoms with Crippen molar-refractivity contribution in [3.8, 4) is 0 Å². The molecule has 1 atom stereocenters. The molecule has 0 unspecified atom stereocenters. The maximum atomic E-state index is 12.3. The van der Waals surface area contributed by atoms with E-state index in [0.717, 1.165) is 23.1 Å². The molecule has 1 amide bonds. The van der Waals surface area contributed by atoms with Gasteiger partial charge in [-0.3, -0.25) is 4.79 Å². The molecule has 1 aliphatic rings. The summed E-state index contributed by atoms with van der Waals surface area (Å²) in [4.78, 5) is 21.3. The summed E-state index contributed by atoms with van der Waals surface area (Å²) < 4.78 is 0. The lowest BCUT2D eigenvalue weighted by Crippen LogP contribution is -2.29. The first kappa shape index (κ1) is 11.3. The maximum Gasteiger partial charge on any atom is 0.230 e. The highest BCUT2D eigenvalue weighted by atomic mass is 16.2. The summed E-state index contributed by atoms with van der Waals surface area (Å²) >= 11 is 0. The zero-order valence-electron chi connectivity index (χ0n) is 10.9. The summed E-state index contributed by atoms with van der Waals surface area (Å²) in [5, 5.41) is 0. The number of benzene rings is 1. The minimum Gasteiger partial charge on any atom is -0.345 e. The summed E-state index contributed by atoms with van der Waals surface area (Å²) in [7, 11) is 1.84. The van der Waals surface area contributed by atoms with E-state index >= 15 is 0 Å². The van der Waals surface area contributed by atoms with E-state index in [1.165, 1.54) is 0 Å². The number of amides is 1.